The number of methoxy groups -OCH3 is 2. The molecule has 0 atom stereocenters. The standard InChI is InChI=1S/C19H20N2O5S2/c1-21-16-9-6-14(26-3)12-17(16)27-19(21)20-18(22)10-11-28(23,24)15-7-4-13(25-2)5-8-15/h4-9,12H,10-11H2,1-3H3. The quantitative estimate of drug-likeness (QED) is 0.612. The smallest absolute Gasteiger partial charge is 0.249 e. The Bertz CT molecular complexity index is 1180. The molecule has 0 radical (unpaired) electrons. The number of rotatable bonds is 6. The van der Waals surface area contributed by atoms with Crippen molar-refractivity contribution in [1.29, 1.82) is 0 Å². The zero-order valence-electron chi connectivity index (χ0n) is 15.7. The highest BCUT2D eigenvalue weighted by atomic mass is 32.2. The van der Waals surface area contributed by atoms with Gasteiger partial charge in [-0.1, -0.05) is 11.3 Å². The summed E-state index contributed by atoms with van der Waals surface area (Å²) < 4.78 is 37.8. The molecule has 1 amide bonds. The van der Waals surface area contributed by atoms with E-state index in [0.717, 1.165) is 16.0 Å². The number of aryl methyl sites for hydroxylation is 1. The number of carbonyl (C=O) groups excluding carboxylic acids is 1. The number of ether oxygens (including phenoxy) is 2. The molecule has 0 bridgehead atoms. The van der Waals surface area contributed by atoms with E-state index in [1.807, 2.05) is 25.2 Å². The molecule has 3 aromatic rings. The number of hydrogen-bond acceptors (Lipinski definition) is 6. The minimum absolute atomic E-state index is 0.153. The van der Waals surface area contributed by atoms with Crippen LogP contribution in [0.25, 0.3) is 10.2 Å². The maximum Gasteiger partial charge on any atom is 0.249 e. The number of fused-ring (bicyclic) bond motifs is 1. The van der Waals surface area contributed by atoms with Gasteiger partial charge >= 0.3 is 0 Å². The van der Waals surface area contributed by atoms with E-state index in [2.05, 4.69) is 4.99 Å². The van der Waals surface area contributed by atoms with Gasteiger partial charge in [-0.05, 0) is 42.5 Å². The van der Waals surface area contributed by atoms with Gasteiger partial charge in [-0.25, -0.2) is 8.42 Å². The zero-order chi connectivity index (χ0) is 20.3. The molecule has 0 unspecified atom stereocenters. The van der Waals surface area contributed by atoms with Crippen LogP contribution in [0.3, 0.4) is 0 Å². The first-order chi connectivity index (χ1) is 13.3. The molecule has 148 valence electrons. The Labute approximate surface area is 166 Å². The second-order valence-corrected chi connectivity index (χ2v) is 9.15. The first-order valence-electron chi connectivity index (χ1n) is 8.42. The lowest BCUT2D eigenvalue weighted by Gasteiger charge is -2.04. The number of benzene rings is 2. The highest BCUT2D eigenvalue weighted by Gasteiger charge is 2.16. The van der Waals surface area contributed by atoms with E-state index in [9.17, 15) is 13.2 Å². The summed E-state index contributed by atoms with van der Waals surface area (Å²) in [5.74, 6) is 0.507. The predicted molar refractivity (Wildman–Crippen MR) is 108 cm³/mol. The van der Waals surface area contributed by atoms with E-state index in [4.69, 9.17) is 9.47 Å². The molecule has 7 nitrogen and oxygen atoms in total. The van der Waals surface area contributed by atoms with Crippen LogP contribution in [0.1, 0.15) is 6.42 Å². The molecule has 0 fully saturated rings. The Balaban J connectivity index is 1.77. The summed E-state index contributed by atoms with van der Waals surface area (Å²) in [6.45, 7) is 0. The number of amides is 1. The maximum absolute atomic E-state index is 12.4. The van der Waals surface area contributed by atoms with Crippen molar-refractivity contribution in [3.8, 4) is 11.5 Å². The Kier molecular flexibility index (Phi) is 5.85. The third kappa shape index (κ3) is 4.26. The van der Waals surface area contributed by atoms with Crippen LogP contribution in [0.4, 0.5) is 0 Å². The van der Waals surface area contributed by atoms with Gasteiger partial charge < -0.3 is 14.0 Å². The van der Waals surface area contributed by atoms with E-state index < -0.39 is 15.7 Å². The van der Waals surface area contributed by atoms with Crippen molar-refractivity contribution in [3.63, 3.8) is 0 Å². The summed E-state index contributed by atoms with van der Waals surface area (Å²) in [4.78, 5) is 17.0. The Hall–Kier alpha value is -2.65. The second-order valence-electron chi connectivity index (χ2n) is 6.03. The van der Waals surface area contributed by atoms with Crippen LogP contribution in [-0.4, -0.2) is 38.9 Å². The first-order valence-corrected chi connectivity index (χ1v) is 10.9. The highest BCUT2D eigenvalue weighted by Crippen LogP contribution is 2.22. The van der Waals surface area contributed by atoms with Crippen LogP contribution in [0, 0.1) is 0 Å². The summed E-state index contributed by atoms with van der Waals surface area (Å²) in [7, 11) is 1.34. The van der Waals surface area contributed by atoms with Gasteiger partial charge in [-0.15, -0.1) is 0 Å². The number of nitrogens with zero attached hydrogens (tertiary/aromatic N) is 2. The molecule has 0 aliphatic rings. The minimum Gasteiger partial charge on any atom is -0.497 e. The van der Waals surface area contributed by atoms with Crippen LogP contribution in [-0.2, 0) is 21.7 Å². The lowest BCUT2D eigenvalue weighted by Crippen LogP contribution is -2.15. The molecule has 0 spiro atoms. The van der Waals surface area contributed by atoms with Crippen LogP contribution in [0.15, 0.2) is 52.4 Å². The Morgan fingerprint density at radius 3 is 2.36 bits per heavy atom. The van der Waals surface area contributed by atoms with Gasteiger partial charge in [0.15, 0.2) is 14.6 Å². The van der Waals surface area contributed by atoms with Crippen LogP contribution < -0.4 is 14.3 Å². The number of carbonyl (C=O) groups is 1. The van der Waals surface area contributed by atoms with Gasteiger partial charge in [0.05, 0.1) is 35.1 Å². The topological polar surface area (TPSA) is 87.0 Å². The molecular weight excluding hydrogens is 400 g/mol. The third-order valence-electron chi connectivity index (χ3n) is 4.24. The average Bonchev–Trinajstić information content (AvgIpc) is 3.01. The summed E-state index contributed by atoms with van der Waals surface area (Å²) in [6, 6.07) is 11.7. The molecule has 3 rings (SSSR count). The summed E-state index contributed by atoms with van der Waals surface area (Å²) >= 11 is 1.35. The van der Waals surface area contributed by atoms with Crippen LogP contribution in [0.5, 0.6) is 11.5 Å². The molecule has 0 saturated carbocycles. The predicted octanol–water partition coefficient (Wildman–Crippen LogP) is 2.55. The van der Waals surface area contributed by atoms with Crippen molar-refractivity contribution in [3.05, 3.63) is 47.3 Å². The van der Waals surface area contributed by atoms with E-state index in [-0.39, 0.29) is 17.1 Å². The first kappa shape index (κ1) is 20.1. The lowest BCUT2D eigenvalue weighted by molar-refractivity contribution is -0.117. The normalized spacial score (nSPS) is 12.3. The van der Waals surface area contributed by atoms with Crippen molar-refractivity contribution in [1.82, 2.24) is 4.57 Å². The molecular formula is C19H20N2O5S2. The molecule has 28 heavy (non-hydrogen) atoms. The molecule has 2 aromatic carbocycles. The lowest BCUT2D eigenvalue weighted by atomic mass is 10.3. The zero-order valence-corrected chi connectivity index (χ0v) is 17.3. The SMILES string of the molecule is COc1ccc(S(=O)(=O)CCC(=O)N=c2sc3cc(OC)ccc3n2C)cc1. The Morgan fingerprint density at radius 2 is 1.71 bits per heavy atom. The van der Waals surface area contributed by atoms with Gasteiger partial charge in [0.2, 0.25) is 5.91 Å². The van der Waals surface area contributed by atoms with Gasteiger partial charge in [0.25, 0.3) is 0 Å². The van der Waals surface area contributed by atoms with E-state index >= 15 is 0 Å². The molecule has 0 aliphatic heterocycles. The summed E-state index contributed by atoms with van der Waals surface area (Å²) in [5, 5.41) is 0. The fourth-order valence-electron chi connectivity index (χ4n) is 2.63. The van der Waals surface area contributed by atoms with E-state index in [1.165, 1.54) is 30.6 Å². The van der Waals surface area contributed by atoms with Crippen molar-refractivity contribution in [2.75, 3.05) is 20.0 Å². The van der Waals surface area contributed by atoms with Gasteiger partial charge in [0, 0.05) is 13.5 Å². The molecule has 0 aliphatic carbocycles. The summed E-state index contributed by atoms with van der Waals surface area (Å²) in [6.07, 6.45) is -0.189. The van der Waals surface area contributed by atoms with E-state index in [0.29, 0.717) is 10.6 Å². The van der Waals surface area contributed by atoms with Gasteiger partial charge in [-0.3, -0.25) is 4.79 Å². The molecule has 9 heteroatoms. The largest absolute Gasteiger partial charge is 0.497 e. The summed E-state index contributed by atoms with van der Waals surface area (Å²) in [5.41, 5.74) is 0.920. The molecule has 1 aromatic heterocycles. The van der Waals surface area contributed by atoms with Crippen molar-refractivity contribution in [2.45, 2.75) is 11.3 Å². The number of aromatic nitrogens is 1. The fraction of sp³-hybridized carbons (Fsp3) is 0.263. The minimum atomic E-state index is -3.57. The number of thiazole rings is 1. The van der Waals surface area contributed by atoms with E-state index in [1.54, 1.807) is 23.8 Å². The molecule has 0 N–H and O–H groups in total. The average molecular weight is 421 g/mol. The molecule has 0 saturated heterocycles. The fourth-order valence-corrected chi connectivity index (χ4v) is 4.93. The highest BCUT2D eigenvalue weighted by molar-refractivity contribution is 7.91. The van der Waals surface area contributed by atoms with Crippen molar-refractivity contribution in [2.24, 2.45) is 12.0 Å². The van der Waals surface area contributed by atoms with Crippen LogP contribution in [0.2, 0.25) is 0 Å². The van der Waals surface area contributed by atoms with Gasteiger partial charge in [0.1, 0.15) is 11.5 Å². The Morgan fingerprint density at radius 1 is 1.07 bits per heavy atom. The van der Waals surface area contributed by atoms with Crippen molar-refractivity contribution >= 4 is 37.3 Å². The second kappa shape index (κ2) is 8.15. The maximum atomic E-state index is 12.4. The monoisotopic (exact) mass is 420 g/mol. The number of hydrogen-bond donors (Lipinski definition) is 0. The molecule has 1 heterocycles. The third-order valence-corrected chi connectivity index (χ3v) is 7.07. The van der Waals surface area contributed by atoms with Gasteiger partial charge in [-0.2, -0.15) is 4.99 Å². The number of sulfone groups is 1. The van der Waals surface area contributed by atoms with Crippen molar-refractivity contribution < 1.29 is 22.7 Å². The van der Waals surface area contributed by atoms with Crippen LogP contribution >= 0.6 is 11.3 Å².